The number of anilines is 2. The predicted molar refractivity (Wildman–Crippen MR) is 104 cm³/mol. The molecule has 1 N–H and O–H groups in total. The van der Waals surface area contributed by atoms with Crippen molar-refractivity contribution in [1.29, 1.82) is 0 Å². The van der Waals surface area contributed by atoms with E-state index in [2.05, 4.69) is 15.2 Å². The number of rotatable bonds is 5. The molecule has 2 heterocycles. The van der Waals surface area contributed by atoms with Crippen molar-refractivity contribution < 1.29 is 9.72 Å². The maximum atomic E-state index is 12.4. The molecule has 0 atom stereocenters. The summed E-state index contributed by atoms with van der Waals surface area (Å²) in [5.41, 5.74) is 1.56. The van der Waals surface area contributed by atoms with E-state index in [-0.39, 0.29) is 18.1 Å². The molecule has 1 aliphatic rings. The highest BCUT2D eigenvalue weighted by molar-refractivity contribution is 6.30. The number of aryl methyl sites for hydroxylation is 1. The van der Waals surface area contributed by atoms with E-state index < -0.39 is 4.92 Å². The molecule has 1 amide bonds. The highest BCUT2D eigenvalue weighted by Gasteiger charge is 2.21. The van der Waals surface area contributed by atoms with E-state index in [0.29, 0.717) is 29.5 Å². The number of pyridine rings is 1. The van der Waals surface area contributed by atoms with Crippen molar-refractivity contribution in [3.63, 3.8) is 0 Å². The summed E-state index contributed by atoms with van der Waals surface area (Å²) < 4.78 is 0. The number of nitro groups is 1. The zero-order valence-corrected chi connectivity index (χ0v) is 15.6. The first-order valence-electron chi connectivity index (χ1n) is 8.57. The van der Waals surface area contributed by atoms with Gasteiger partial charge in [-0.05, 0) is 37.3 Å². The summed E-state index contributed by atoms with van der Waals surface area (Å²) in [5, 5.41) is 14.5. The van der Waals surface area contributed by atoms with Crippen molar-refractivity contribution in [2.75, 3.05) is 42.9 Å². The summed E-state index contributed by atoms with van der Waals surface area (Å²) in [6.45, 7) is 4.52. The molecule has 8 nitrogen and oxygen atoms in total. The highest BCUT2D eigenvalue weighted by atomic mass is 35.5. The molecule has 9 heteroatoms. The van der Waals surface area contributed by atoms with Crippen LogP contribution in [0.25, 0.3) is 0 Å². The van der Waals surface area contributed by atoms with Crippen LogP contribution in [0.15, 0.2) is 36.5 Å². The van der Waals surface area contributed by atoms with Crippen LogP contribution in [0, 0.1) is 17.0 Å². The second-order valence-corrected chi connectivity index (χ2v) is 6.75. The third kappa shape index (κ3) is 4.65. The number of hydrogen-bond acceptors (Lipinski definition) is 6. The first-order chi connectivity index (χ1) is 12.9. The lowest BCUT2D eigenvalue weighted by atomic mass is 10.2. The van der Waals surface area contributed by atoms with Gasteiger partial charge in [0.1, 0.15) is 12.0 Å². The zero-order chi connectivity index (χ0) is 19.4. The number of halogens is 1. The summed E-state index contributed by atoms with van der Waals surface area (Å²) in [5.74, 6) is 0.426. The number of carbonyl (C=O) groups excluding carboxylic acids is 1. The first kappa shape index (κ1) is 18.9. The Hall–Kier alpha value is -2.87. The molecular weight excluding hydrogens is 370 g/mol. The smallest absolute Gasteiger partial charge is 0.290 e. The van der Waals surface area contributed by atoms with E-state index >= 15 is 0 Å². The average molecular weight is 390 g/mol. The van der Waals surface area contributed by atoms with Gasteiger partial charge in [-0.25, -0.2) is 4.98 Å². The number of nitrogens with zero attached hydrogens (tertiary/aromatic N) is 4. The van der Waals surface area contributed by atoms with Gasteiger partial charge in [0.25, 0.3) is 5.69 Å². The predicted octanol–water partition coefficient (Wildman–Crippen LogP) is 2.71. The SMILES string of the molecule is Cc1cc(NCC(=O)N2CCN(c3ccc(Cl)cc3)CC2)ncc1[N+](=O)[O-]. The molecule has 3 rings (SSSR count). The number of nitrogens with one attached hydrogen (secondary N) is 1. The molecule has 0 spiro atoms. The van der Waals surface area contributed by atoms with E-state index in [1.807, 2.05) is 24.3 Å². The minimum absolute atomic E-state index is 0.0245. The summed E-state index contributed by atoms with van der Waals surface area (Å²) in [7, 11) is 0. The Morgan fingerprint density at radius 1 is 1.26 bits per heavy atom. The fraction of sp³-hybridized carbons (Fsp3) is 0.333. The van der Waals surface area contributed by atoms with Gasteiger partial charge in [0.15, 0.2) is 0 Å². The molecule has 2 aromatic rings. The lowest BCUT2D eigenvalue weighted by Gasteiger charge is -2.36. The highest BCUT2D eigenvalue weighted by Crippen LogP contribution is 2.20. The zero-order valence-electron chi connectivity index (χ0n) is 14.9. The van der Waals surface area contributed by atoms with Crippen molar-refractivity contribution in [2.45, 2.75) is 6.92 Å². The van der Waals surface area contributed by atoms with Crippen molar-refractivity contribution in [1.82, 2.24) is 9.88 Å². The van der Waals surface area contributed by atoms with Crippen LogP contribution in [0.1, 0.15) is 5.56 Å². The molecule has 1 aromatic heterocycles. The van der Waals surface area contributed by atoms with Gasteiger partial charge in [0.05, 0.1) is 11.5 Å². The van der Waals surface area contributed by atoms with Gasteiger partial charge in [-0.15, -0.1) is 0 Å². The summed E-state index contributed by atoms with van der Waals surface area (Å²) in [4.78, 5) is 30.8. The molecule has 142 valence electrons. The summed E-state index contributed by atoms with van der Waals surface area (Å²) in [6.07, 6.45) is 1.20. The van der Waals surface area contributed by atoms with Crippen molar-refractivity contribution in [2.24, 2.45) is 0 Å². The number of piperazine rings is 1. The average Bonchev–Trinajstić information content (AvgIpc) is 2.66. The van der Waals surface area contributed by atoms with E-state index in [0.717, 1.165) is 18.8 Å². The Balaban J connectivity index is 1.50. The fourth-order valence-corrected chi connectivity index (χ4v) is 3.11. The van der Waals surface area contributed by atoms with E-state index in [1.165, 1.54) is 6.20 Å². The van der Waals surface area contributed by atoms with Crippen LogP contribution in [0.2, 0.25) is 5.02 Å². The van der Waals surface area contributed by atoms with Crippen LogP contribution in [0.5, 0.6) is 0 Å². The second kappa shape index (κ2) is 8.22. The molecule has 1 saturated heterocycles. The molecule has 1 aliphatic heterocycles. The lowest BCUT2D eigenvalue weighted by molar-refractivity contribution is -0.385. The van der Waals surface area contributed by atoms with Gasteiger partial charge in [-0.1, -0.05) is 11.6 Å². The maximum Gasteiger partial charge on any atom is 0.290 e. The summed E-state index contributed by atoms with van der Waals surface area (Å²) in [6, 6.07) is 9.24. The van der Waals surface area contributed by atoms with Crippen molar-refractivity contribution in [3.8, 4) is 0 Å². The molecular formula is C18H20ClN5O3. The molecule has 0 aliphatic carbocycles. The first-order valence-corrected chi connectivity index (χ1v) is 8.95. The minimum atomic E-state index is -0.475. The van der Waals surface area contributed by atoms with Crippen LogP contribution in [0.4, 0.5) is 17.2 Å². The number of hydrogen-bond donors (Lipinski definition) is 1. The number of benzene rings is 1. The molecule has 27 heavy (non-hydrogen) atoms. The summed E-state index contributed by atoms with van der Waals surface area (Å²) >= 11 is 5.92. The van der Waals surface area contributed by atoms with E-state index in [9.17, 15) is 14.9 Å². The minimum Gasteiger partial charge on any atom is -0.368 e. The molecule has 0 saturated carbocycles. The Morgan fingerprint density at radius 2 is 1.93 bits per heavy atom. The van der Waals surface area contributed by atoms with Gasteiger partial charge in [-0.2, -0.15) is 0 Å². The largest absolute Gasteiger partial charge is 0.368 e. The van der Waals surface area contributed by atoms with Gasteiger partial charge in [0.2, 0.25) is 5.91 Å². The maximum absolute atomic E-state index is 12.4. The molecule has 1 fully saturated rings. The second-order valence-electron chi connectivity index (χ2n) is 6.31. The standard InChI is InChI=1S/C18H20ClN5O3/c1-13-10-17(20-11-16(13)24(26)27)21-12-18(25)23-8-6-22(7-9-23)15-4-2-14(19)3-5-15/h2-5,10-11H,6-9,12H2,1H3,(H,20,21). The molecule has 0 bridgehead atoms. The van der Waals surface area contributed by atoms with Crippen LogP contribution < -0.4 is 10.2 Å². The van der Waals surface area contributed by atoms with Gasteiger partial charge in [0, 0.05) is 42.5 Å². The van der Waals surface area contributed by atoms with Crippen LogP contribution in [-0.2, 0) is 4.79 Å². The molecule has 0 radical (unpaired) electrons. The third-order valence-electron chi connectivity index (χ3n) is 4.52. The van der Waals surface area contributed by atoms with Crippen molar-refractivity contribution >= 4 is 34.7 Å². The van der Waals surface area contributed by atoms with Crippen LogP contribution >= 0.6 is 11.6 Å². The molecule has 0 unspecified atom stereocenters. The topological polar surface area (TPSA) is 91.6 Å². The monoisotopic (exact) mass is 389 g/mol. The Morgan fingerprint density at radius 3 is 2.52 bits per heavy atom. The third-order valence-corrected chi connectivity index (χ3v) is 4.78. The quantitative estimate of drug-likeness (QED) is 0.624. The normalized spacial score (nSPS) is 14.1. The van der Waals surface area contributed by atoms with Crippen LogP contribution in [0.3, 0.4) is 0 Å². The van der Waals surface area contributed by atoms with Gasteiger partial charge < -0.3 is 15.1 Å². The Kier molecular flexibility index (Phi) is 5.75. The number of aromatic nitrogens is 1. The Bertz CT molecular complexity index is 835. The Labute approximate surface area is 161 Å². The van der Waals surface area contributed by atoms with Crippen molar-refractivity contribution in [3.05, 3.63) is 57.2 Å². The van der Waals surface area contributed by atoms with E-state index in [4.69, 9.17) is 11.6 Å². The van der Waals surface area contributed by atoms with Gasteiger partial charge >= 0.3 is 0 Å². The van der Waals surface area contributed by atoms with E-state index in [1.54, 1.807) is 17.9 Å². The fourth-order valence-electron chi connectivity index (χ4n) is 2.98. The number of amides is 1. The van der Waals surface area contributed by atoms with Crippen LogP contribution in [-0.4, -0.2) is 53.4 Å². The lowest BCUT2D eigenvalue weighted by Crippen LogP contribution is -2.50. The number of carbonyl (C=O) groups is 1. The molecule has 1 aromatic carbocycles. The van der Waals surface area contributed by atoms with Gasteiger partial charge in [-0.3, -0.25) is 14.9 Å².